The van der Waals surface area contributed by atoms with Crippen LogP contribution in [0, 0.1) is 0 Å². The highest BCUT2D eigenvalue weighted by atomic mass is 32.2. The number of carbonyl (C=O) groups excluding carboxylic acids is 1. The molecular weight excluding hydrogens is 318 g/mol. The standard InChI is InChI=1S/C15H23N3O4S/c1-3-23(20,21)18-12-8-7-11(10-14(12)22-2)17-15(19)13-6-4-5-9-16-13/h7-8,10,13,16,18H,3-6,9H2,1-2H3,(H,17,19). The molecule has 0 aliphatic carbocycles. The van der Waals surface area contributed by atoms with Gasteiger partial charge in [0.05, 0.1) is 24.6 Å². The van der Waals surface area contributed by atoms with Gasteiger partial charge in [-0.05, 0) is 38.4 Å². The molecule has 1 saturated heterocycles. The highest BCUT2D eigenvalue weighted by molar-refractivity contribution is 7.92. The van der Waals surface area contributed by atoms with E-state index in [0.717, 1.165) is 25.8 Å². The average Bonchev–Trinajstić information content (AvgIpc) is 2.56. The van der Waals surface area contributed by atoms with Gasteiger partial charge in [-0.25, -0.2) is 8.42 Å². The second-order valence-corrected chi connectivity index (χ2v) is 7.42. The van der Waals surface area contributed by atoms with Crippen molar-refractivity contribution in [1.82, 2.24) is 5.32 Å². The number of hydrogen-bond donors (Lipinski definition) is 3. The van der Waals surface area contributed by atoms with Gasteiger partial charge in [0.2, 0.25) is 15.9 Å². The van der Waals surface area contributed by atoms with Gasteiger partial charge >= 0.3 is 0 Å². The Morgan fingerprint density at radius 1 is 1.39 bits per heavy atom. The molecule has 1 heterocycles. The van der Waals surface area contributed by atoms with Gasteiger partial charge in [0.25, 0.3) is 0 Å². The lowest BCUT2D eigenvalue weighted by Crippen LogP contribution is -2.43. The Morgan fingerprint density at radius 2 is 2.17 bits per heavy atom. The third-order valence-corrected chi connectivity index (χ3v) is 5.03. The van der Waals surface area contributed by atoms with Crippen molar-refractivity contribution in [3.8, 4) is 5.75 Å². The summed E-state index contributed by atoms with van der Waals surface area (Å²) >= 11 is 0. The van der Waals surface area contributed by atoms with Gasteiger partial charge in [-0.3, -0.25) is 9.52 Å². The number of carbonyl (C=O) groups is 1. The number of methoxy groups -OCH3 is 1. The summed E-state index contributed by atoms with van der Waals surface area (Å²) in [5, 5.41) is 6.01. The largest absolute Gasteiger partial charge is 0.494 e. The fourth-order valence-electron chi connectivity index (χ4n) is 2.40. The normalized spacial score (nSPS) is 18.3. The van der Waals surface area contributed by atoms with Gasteiger partial charge in [-0.15, -0.1) is 0 Å². The molecule has 0 saturated carbocycles. The van der Waals surface area contributed by atoms with E-state index in [-0.39, 0.29) is 17.7 Å². The van der Waals surface area contributed by atoms with Crippen molar-refractivity contribution in [3.63, 3.8) is 0 Å². The molecule has 7 nitrogen and oxygen atoms in total. The first-order valence-electron chi connectivity index (χ1n) is 7.68. The number of rotatable bonds is 6. The molecule has 1 unspecified atom stereocenters. The quantitative estimate of drug-likeness (QED) is 0.729. The molecule has 3 N–H and O–H groups in total. The topological polar surface area (TPSA) is 96.5 Å². The summed E-state index contributed by atoms with van der Waals surface area (Å²) in [5.41, 5.74) is 0.918. The van der Waals surface area contributed by atoms with Crippen molar-refractivity contribution in [3.05, 3.63) is 18.2 Å². The van der Waals surface area contributed by atoms with E-state index in [9.17, 15) is 13.2 Å². The molecule has 23 heavy (non-hydrogen) atoms. The number of nitrogens with one attached hydrogen (secondary N) is 3. The lowest BCUT2D eigenvalue weighted by molar-refractivity contribution is -0.118. The van der Waals surface area contributed by atoms with E-state index in [4.69, 9.17) is 4.74 Å². The van der Waals surface area contributed by atoms with Crippen LogP contribution in [0.15, 0.2) is 18.2 Å². The van der Waals surface area contributed by atoms with Gasteiger partial charge in [0.1, 0.15) is 5.75 Å². The summed E-state index contributed by atoms with van der Waals surface area (Å²) in [5.74, 6) is 0.243. The molecule has 0 spiro atoms. The lowest BCUT2D eigenvalue weighted by Gasteiger charge is -2.22. The molecule has 0 radical (unpaired) electrons. The van der Waals surface area contributed by atoms with Gasteiger partial charge in [0.15, 0.2) is 0 Å². The van der Waals surface area contributed by atoms with E-state index in [1.165, 1.54) is 7.11 Å². The molecule has 1 aromatic rings. The maximum atomic E-state index is 12.2. The molecule has 128 valence electrons. The van der Waals surface area contributed by atoms with Gasteiger partial charge in [0, 0.05) is 11.8 Å². The summed E-state index contributed by atoms with van der Waals surface area (Å²) in [6.45, 7) is 2.40. The highest BCUT2D eigenvalue weighted by Gasteiger charge is 2.21. The van der Waals surface area contributed by atoms with E-state index in [0.29, 0.717) is 17.1 Å². The minimum absolute atomic E-state index is 0.0258. The van der Waals surface area contributed by atoms with E-state index in [2.05, 4.69) is 15.4 Å². The predicted molar refractivity (Wildman–Crippen MR) is 90.3 cm³/mol. The van der Waals surface area contributed by atoms with Crippen LogP contribution in [0.4, 0.5) is 11.4 Å². The molecule has 1 fully saturated rings. The van der Waals surface area contributed by atoms with Crippen LogP contribution < -0.4 is 20.1 Å². The second-order valence-electron chi connectivity index (χ2n) is 5.41. The van der Waals surface area contributed by atoms with Gasteiger partial charge in [-0.2, -0.15) is 0 Å². The third-order valence-electron chi connectivity index (χ3n) is 3.74. The molecule has 1 amide bonds. The molecule has 1 aliphatic heterocycles. The van der Waals surface area contributed by atoms with Crippen LogP contribution in [0.1, 0.15) is 26.2 Å². The third kappa shape index (κ3) is 4.84. The number of anilines is 2. The molecule has 1 atom stereocenters. The Hall–Kier alpha value is -1.80. The van der Waals surface area contributed by atoms with Crippen LogP contribution in [0.2, 0.25) is 0 Å². The van der Waals surface area contributed by atoms with Crippen molar-refractivity contribution in [2.45, 2.75) is 32.2 Å². The molecule has 1 aliphatic rings. The lowest BCUT2D eigenvalue weighted by atomic mass is 10.0. The van der Waals surface area contributed by atoms with Gasteiger partial charge < -0.3 is 15.4 Å². The molecule has 8 heteroatoms. The number of ether oxygens (including phenoxy) is 1. The Balaban J connectivity index is 2.10. The van der Waals surface area contributed by atoms with E-state index < -0.39 is 10.0 Å². The Labute approximate surface area is 136 Å². The predicted octanol–water partition coefficient (Wildman–Crippen LogP) is 1.54. The van der Waals surface area contributed by atoms with Gasteiger partial charge in [-0.1, -0.05) is 6.42 Å². The van der Waals surface area contributed by atoms with E-state index in [1.54, 1.807) is 25.1 Å². The van der Waals surface area contributed by atoms with Crippen molar-refractivity contribution in [2.75, 3.05) is 29.4 Å². The van der Waals surface area contributed by atoms with Crippen molar-refractivity contribution in [1.29, 1.82) is 0 Å². The highest BCUT2D eigenvalue weighted by Crippen LogP contribution is 2.29. The van der Waals surface area contributed by atoms with E-state index >= 15 is 0 Å². The SMILES string of the molecule is CCS(=O)(=O)Nc1ccc(NC(=O)C2CCCCN2)cc1OC. The first-order chi connectivity index (χ1) is 10.9. The number of piperidine rings is 1. The molecule has 2 rings (SSSR count). The fraction of sp³-hybridized carbons (Fsp3) is 0.533. The zero-order valence-electron chi connectivity index (χ0n) is 13.4. The van der Waals surface area contributed by atoms with Crippen LogP contribution in [0.5, 0.6) is 5.75 Å². The zero-order valence-corrected chi connectivity index (χ0v) is 14.2. The van der Waals surface area contributed by atoms with Crippen LogP contribution in [0.25, 0.3) is 0 Å². The summed E-state index contributed by atoms with van der Waals surface area (Å²) in [6, 6.07) is 4.65. The van der Waals surface area contributed by atoms with E-state index in [1.807, 2.05) is 0 Å². The van der Waals surface area contributed by atoms with Crippen LogP contribution in [-0.2, 0) is 14.8 Å². The first kappa shape index (κ1) is 17.6. The Kier molecular flexibility index (Phi) is 5.84. The minimum Gasteiger partial charge on any atom is -0.494 e. The molecule has 1 aromatic carbocycles. The maximum Gasteiger partial charge on any atom is 0.241 e. The molecule has 0 bridgehead atoms. The number of benzene rings is 1. The fourth-order valence-corrected chi connectivity index (χ4v) is 3.05. The maximum absolute atomic E-state index is 12.2. The smallest absolute Gasteiger partial charge is 0.241 e. The van der Waals surface area contributed by atoms with Crippen molar-refractivity contribution >= 4 is 27.3 Å². The van der Waals surface area contributed by atoms with Crippen LogP contribution in [-0.4, -0.2) is 39.8 Å². The zero-order chi connectivity index (χ0) is 16.9. The monoisotopic (exact) mass is 341 g/mol. The number of sulfonamides is 1. The van der Waals surface area contributed by atoms with Crippen molar-refractivity contribution in [2.24, 2.45) is 0 Å². The minimum atomic E-state index is -3.39. The summed E-state index contributed by atoms with van der Waals surface area (Å²) in [4.78, 5) is 12.2. The summed E-state index contributed by atoms with van der Waals surface area (Å²) in [7, 11) is -1.93. The van der Waals surface area contributed by atoms with Crippen molar-refractivity contribution < 1.29 is 17.9 Å². The summed E-state index contributed by atoms with van der Waals surface area (Å²) < 4.78 is 31.0. The van der Waals surface area contributed by atoms with Crippen LogP contribution >= 0.6 is 0 Å². The second kappa shape index (κ2) is 7.65. The Morgan fingerprint density at radius 3 is 2.78 bits per heavy atom. The first-order valence-corrected chi connectivity index (χ1v) is 9.33. The number of hydrogen-bond acceptors (Lipinski definition) is 5. The average molecular weight is 341 g/mol. The number of amides is 1. The molecular formula is C15H23N3O4S. The molecule has 0 aromatic heterocycles. The summed E-state index contributed by atoms with van der Waals surface area (Å²) in [6.07, 6.45) is 2.94. The Bertz CT molecular complexity index is 655. The van der Waals surface area contributed by atoms with Crippen LogP contribution in [0.3, 0.4) is 0 Å².